The molecule has 1 saturated carbocycles. The number of H-pyrrole nitrogens is 1. The van der Waals surface area contributed by atoms with Crippen molar-refractivity contribution >= 4 is 16.8 Å². The van der Waals surface area contributed by atoms with Crippen molar-refractivity contribution in [1.29, 1.82) is 0 Å². The van der Waals surface area contributed by atoms with Gasteiger partial charge in [0.05, 0.1) is 11.7 Å². The van der Waals surface area contributed by atoms with Crippen LogP contribution in [0.4, 0.5) is 0 Å². The van der Waals surface area contributed by atoms with Crippen LogP contribution in [0.15, 0.2) is 79.3 Å². The van der Waals surface area contributed by atoms with Crippen molar-refractivity contribution in [2.24, 2.45) is 5.92 Å². The minimum atomic E-state index is 0.469. The van der Waals surface area contributed by atoms with Crippen LogP contribution < -0.4 is 0 Å². The van der Waals surface area contributed by atoms with Gasteiger partial charge in [0.15, 0.2) is 11.3 Å². The normalized spacial score (nSPS) is 20.6. The lowest BCUT2D eigenvalue weighted by atomic mass is 9.95. The highest BCUT2D eigenvalue weighted by Crippen LogP contribution is 2.43. The maximum atomic E-state index is 4.71. The third kappa shape index (κ3) is 3.90. The van der Waals surface area contributed by atoms with Crippen LogP contribution in [0.1, 0.15) is 48.1 Å². The second kappa shape index (κ2) is 8.73. The molecular formula is C29H31N5. The SMILES string of the molecule is Cc1ccc(CN(Cc2ccccc2)C2CC(C)C(c3cnc4cnc5[nH]ccc5n34)C2)cc1. The molecule has 5 heteroatoms. The third-order valence-corrected chi connectivity index (χ3v) is 7.56. The zero-order valence-corrected chi connectivity index (χ0v) is 19.9. The quantitative estimate of drug-likeness (QED) is 0.341. The first-order chi connectivity index (χ1) is 16.7. The molecule has 0 bridgehead atoms. The zero-order chi connectivity index (χ0) is 23.1. The molecule has 1 N–H and O–H groups in total. The van der Waals surface area contributed by atoms with E-state index in [1.165, 1.54) is 28.8 Å². The van der Waals surface area contributed by atoms with Crippen molar-refractivity contribution < 1.29 is 0 Å². The molecule has 6 rings (SSSR count). The molecular weight excluding hydrogens is 418 g/mol. The van der Waals surface area contributed by atoms with Crippen molar-refractivity contribution in [2.75, 3.05) is 0 Å². The molecule has 1 aliphatic rings. The van der Waals surface area contributed by atoms with Crippen LogP contribution in [0.5, 0.6) is 0 Å². The van der Waals surface area contributed by atoms with Gasteiger partial charge < -0.3 is 4.98 Å². The number of aromatic nitrogens is 4. The van der Waals surface area contributed by atoms with Gasteiger partial charge in [-0.3, -0.25) is 9.30 Å². The summed E-state index contributed by atoms with van der Waals surface area (Å²) in [4.78, 5) is 15.2. The molecule has 5 aromatic rings. The molecule has 3 atom stereocenters. The summed E-state index contributed by atoms with van der Waals surface area (Å²) in [5, 5.41) is 0. The van der Waals surface area contributed by atoms with Crippen LogP contribution in [0.3, 0.4) is 0 Å². The molecule has 3 unspecified atom stereocenters. The van der Waals surface area contributed by atoms with Crippen LogP contribution in [-0.4, -0.2) is 30.3 Å². The van der Waals surface area contributed by atoms with Crippen molar-refractivity contribution in [3.05, 3.63) is 102 Å². The van der Waals surface area contributed by atoms with E-state index in [1.807, 2.05) is 12.4 Å². The van der Waals surface area contributed by atoms with E-state index in [-0.39, 0.29) is 0 Å². The highest BCUT2D eigenvalue weighted by molar-refractivity contribution is 5.74. The number of hydrogen-bond acceptors (Lipinski definition) is 3. The Kier molecular flexibility index (Phi) is 5.42. The molecule has 3 aromatic heterocycles. The molecule has 3 heterocycles. The number of rotatable bonds is 6. The summed E-state index contributed by atoms with van der Waals surface area (Å²) in [5.41, 5.74) is 8.34. The van der Waals surface area contributed by atoms with E-state index in [0.29, 0.717) is 17.9 Å². The Balaban J connectivity index is 1.32. The van der Waals surface area contributed by atoms with Gasteiger partial charge in [0, 0.05) is 43.1 Å². The van der Waals surface area contributed by atoms with Gasteiger partial charge in [-0.25, -0.2) is 9.97 Å². The van der Waals surface area contributed by atoms with Crippen molar-refractivity contribution in [3.8, 4) is 0 Å². The molecule has 34 heavy (non-hydrogen) atoms. The average molecular weight is 450 g/mol. The van der Waals surface area contributed by atoms with Crippen molar-refractivity contribution in [3.63, 3.8) is 0 Å². The van der Waals surface area contributed by atoms with E-state index < -0.39 is 0 Å². The lowest BCUT2D eigenvalue weighted by molar-refractivity contribution is 0.176. The van der Waals surface area contributed by atoms with Gasteiger partial charge >= 0.3 is 0 Å². The second-order valence-electron chi connectivity index (χ2n) is 9.93. The first kappa shape index (κ1) is 21.1. The predicted octanol–water partition coefficient (Wildman–Crippen LogP) is 6.10. The Morgan fingerprint density at radius 2 is 1.68 bits per heavy atom. The summed E-state index contributed by atoms with van der Waals surface area (Å²) >= 11 is 0. The molecule has 0 amide bonds. The van der Waals surface area contributed by atoms with E-state index in [0.717, 1.165) is 36.3 Å². The van der Waals surface area contributed by atoms with Crippen molar-refractivity contribution in [2.45, 2.75) is 51.7 Å². The van der Waals surface area contributed by atoms with Crippen LogP contribution in [0.25, 0.3) is 16.8 Å². The summed E-state index contributed by atoms with van der Waals surface area (Å²) in [7, 11) is 0. The van der Waals surface area contributed by atoms with Gasteiger partial charge in [0.25, 0.3) is 0 Å². The molecule has 2 aromatic carbocycles. The van der Waals surface area contributed by atoms with E-state index in [2.05, 4.69) is 100.0 Å². The fraction of sp³-hybridized carbons (Fsp3) is 0.310. The Bertz CT molecular complexity index is 1400. The minimum absolute atomic E-state index is 0.469. The van der Waals surface area contributed by atoms with E-state index in [4.69, 9.17) is 4.98 Å². The summed E-state index contributed by atoms with van der Waals surface area (Å²) in [6.45, 7) is 6.50. The molecule has 0 saturated heterocycles. The van der Waals surface area contributed by atoms with E-state index in [9.17, 15) is 0 Å². The Hall–Kier alpha value is -3.44. The van der Waals surface area contributed by atoms with E-state index >= 15 is 0 Å². The predicted molar refractivity (Wildman–Crippen MR) is 137 cm³/mol. The molecule has 0 radical (unpaired) electrons. The Morgan fingerprint density at radius 3 is 2.47 bits per heavy atom. The Morgan fingerprint density at radius 1 is 0.912 bits per heavy atom. The average Bonchev–Trinajstić information content (AvgIpc) is 3.58. The van der Waals surface area contributed by atoms with Gasteiger partial charge in [-0.15, -0.1) is 0 Å². The Labute approximate surface area is 200 Å². The van der Waals surface area contributed by atoms with Gasteiger partial charge in [-0.2, -0.15) is 0 Å². The molecule has 0 aliphatic heterocycles. The number of nitrogens with zero attached hydrogens (tertiary/aromatic N) is 4. The maximum Gasteiger partial charge on any atom is 0.156 e. The van der Waals surface area contributed by atoms with Crippen LogP contribution in [0.2, 0.25) is 0 Å². The first-order valence-electron chi connectivity index (χ1n) is 12.3. The van der Waals surface area contributed by atoms with Gasteiger partial charge in [0.1, 0.15) is 0 Å². The third-order valence-electron chi connectivity index (χ3n) is 7.56. The fourth-order valence-electron chi connectivity index (χ4n) is 5.74. The van der Waals surface area contributed by atoms with E-state index in [1.54, 1.807) is 0 Å². The van der Waals surface area contributed by atoms with Gasteiger partial charge in [0.2, 0.25) is 0 Å². The molecule has 1 aliphatic carbocycles. The topological polar surface area (TPSA) is 49.2 Å². The number of hydrogen-bond donors (Lipinski definition) is 1. The number of nitrogens with one attached hydrogen (secondary N) is 1. The maximum absolute atomic E-state index is 4.71. The molecule has 5 nitrogen and oxygen atoms in total. The lowest BCUT2D eigenvalue weighted by Crippen LogP contribution is -2.32. The molecule has 1 fully saturated rings. The number of aryl methyl sites for hydroxylation is 1. The number of fused-ring (bicyclic) bond motifs is 3. The summed E-state index contributed by atoms with van der Waals surface area (Å²) in [5.74, 6) is 1.06. The second-order valence-corrected chi connectivity index (χ2v) is 9.93. The monoisotopic (exact) mass is 449 g/mol. The summed E-state index contributed by atoms with van der Waals surface area (Å²) in [6.07, 6.45) is 8.25. The van der Waals surface area contributed by atoms with Crippen LogP contribution in [-0.2, 0) is 13.1 Å². The van der Waals surface area contributed by atoms with Crippen molar-refractivity contribution in [1.82, 2.24) is 24.3 Å². The lowest BCUT2D eigenvalue weighted by Gasteiger charge is -2.29. The zero-order valence-electron chi connectivity index (χ0n) is 19.9. The number of benzene rings is 2. The fourth-order valence-corrected chi connectivity index (χ4v) is 5.74. The van der Waals surface area contributed by atoms with Gasteiger partial charge in [-0.05, 0) is 42.9 Å². The first-order valence-corrected chi connectivity index (χ1v) is 12.3. The number of imidazole rings is 1. The highest BCUT2D eigenvalue weighted by Gasteiger charge is 2.37. The minimum Gasteiger partial charge on any atom is -0.345 e. The smallest absolute Gasteiger partial charge is 0.156 e. The highest BCUT2D eigenvalue weighted by atomic mass is 15.2. The number of aromatic amines is 1. The molecule has 172 valence electrons. The standard InChI is InChI=1S/C29H31N5/c1-20-8-10-23(11-9-20)19-33(18-22-6-4-3-5-7-22)24-14-21(2)25(15-24)27-16-31-28-17-32-29-26(34(27)28)12-13-30-29/h3-13,16-17,21,24-25,30H,14-15,18-19H2,1-2H3. The molecule has 0 spiro atoms. The largest absolute Gasteiger partial charge is 0.345 e. The summed E-state index contributed by atoms with van der Waals surface area (Å²) in [6, 6.07) is 22.5. The van der Waals surface area contributed by atoms with Crippen LogP contribution >= 0.6 is 0 Å². The van der Waals surface area contributed by atoms with Gasteiger partial charge in [-0.1, -0.05) is 67.1 Å². The van der Waals surface area contributed by atoms with Crippen LogP contribution in [0, 0.1) is 12.8 Å². The summed E-state index contributed by atoms with van der Waals surface area (Å²) < 4.78 is 2.31.